The fraction of sp³-hybridized carbons (Fsp3) is 0.0137. The van der Waals surface area contributed by atoms with E-state index in [4.69, 9.17) is 0 Å². The summed E-state index contributed by atoms with van der Waals surface area (Å²) in [5, 5.41) is 4.98. The van der Waals surface area contributed by atoms with Gasteiger partial charge in [0.2, 0.25) is 0 Å². The maximum absolute atomic E-state index is 2.45. The molecule has 0 bridgehead atoms. The topological polar surface area (TPSA) is 9.86 Å². The van der Waals surface area contributed by atoms with Crippen LogP contribution in [0.1, 0.15) is 22.3 Å². The van der Waals surface area contributed by atoms with E-state index in [0.717, 1.165) is 5.69 Å². The molecule has 2 nitrogen and oxygen atoms in total. The van der Waals surface area contributed by atoms with Crippen molar-refractivity contribution in [1.82, 2.24) is 9.13 Å². The molecule has 0 unspecified atom stereocenters. The van der Waals surface area contributed by atoms with Crippen molar-refractivity contribution in [2.24, 2.45) is 0 Å². The second kappa shape index (κ2) is 17.2. The van der Waals surface area contributed by atoms with Crippen LogP contribution in [-0.2, 0) is 5.41 Å². The highest BCUT2D eigenvalue weighted by molar-refractivity contribution is 6.13. The SMILES string of the molecule is c1ccc(-n2c3ccccc3c3cc(-c4ccc5c(c4)c4ccccc4n5-c4ccccc4-c4ccc(-c5ccc(-c6cccc(C7(c8ccccc8)c8ccccc8-c8ccccc87)c6)cc5)cc4)ccc32)cc1. The maximum Gasteiger partial charge on any atom is 0.0713 e. The molecule has 0 N–H and O–H groups in total. The van der Waals surface area contributed by atoms with Crippen LogP contribution in [0.2, 0.25) is 0 Å². The number of hydrogen-bond donors (Lipinski definition) is 0. The Balaban J connectivity index is 0.758. The summed E-state index contributed by atoms with van der Waals surface area (Å²) < 4.78 is 4.83. The summed E-state index contributed by atoms with van der Waals surface area (Å²) in [5.74, 6) is 0. The first-order valence-electron chi connectivity index (χ1n) is 26.0. The fourth-order valence-corrected chi connectivity index (χ4v) is 12.7. The summed E-state index contributed by atoms with van der Waals surface area (Å²) in [4.78, 5) is 0. The van der Waals surface area contributed by atoms with Crippen molar-refractivity contribution in [3.8, 4) is 67.0 Å². The van der Waals surface area contributed by atoms with Crippen LogP contribution in [0.15, 0.2) is 291 Å². The maximum atomic E-state index is 2.45. The number of fused-ring (bicyclic) bond motifs is 9. The van der Waals surface area contributed by atoms with Gasteiger partial charge in [-0.05, 0) is 133 Å². The van der Waals surface area contributed by atoms with E-state index in [1.807, 2.05) is 0 Å². The quantitative estimate of drug-likeness (QED) is 0.144. The lowest BCUT2D eigenvalue weighted by atomic mass is 9.67. The molecule has 14 aromatic rings. The molecule has 0 aliphatic heterocycles. The number of para-hydroxylation sites is 4. The molecule has 2 heteroatoms. The minimum atomic E-state index is -0.431. The van der Waals surface area contributed by atoms with Gasteiger partial charge in [0.05, 0.1) is 33.2 Å². The largest absolute Gasteiger partial charge is 0.309 e. The highest BCUT2D eigenvalue weighted by atomic mass is 15.0. The van der Waals surface area contributed by atoms with Crippen molar-refractivity contribution < 1.29 is 0 Å². The molecule has 2 aromatic heterocycles. The zero-order chi connectivity index (χ0) is 49.5. The van der Waals surface area contributed by atoms with Crippen LogP contribution in [0.25, 0.3) is 111 Å². The van der Waals surface area contributed by atoms with E-state index >= 15 is 0 Å². The Bertz CT molecular complexity index is 4450. The van der Waals surface area contributed by atoms with Gasteiger partial charge in [-0.25, -0.2) is 0 Å². The van der Waals surface area contributed by atoms with Crippen LogP contribution in [0, 0.1) is 0 Å². The lowest BCUT2D eigenvalue weighted by Gasteiger charge is -2.34. The third kappa shape index (κ3) is 6.66. The van der Waals surface area contributed by atoms with Gasteiger partial charge in [-0.2, -0.15) is 0 Å². The second-order valence-corrected chi connectivity index (χ2v) is 20.0. The van der Waals surface area contributed by atoms with Crippen molar-refractivity contribution >= 4 is 43.6 Å². The average molecular weight is 953 g/mol. The lowest BCUT2D eigenvalue weighted by molar-refractivity contribution is 0.769. The molecular weight excluding hydrogens is 905 g/mol. The predicted octanol–water partition coefficient (Wildman–Crippen LogP) is 18.9. The Labute approximate surface area is 436 Å². The number of hydrogen-bond acceptors (Lipinski definition) is 0. The smallest absolute Gasteiger partial charge is 0.0713 e. The highest BCUT2D eigenvalue weighted by Gasteiger charge is 2.45. The Morgan fingerprint density at radius 3 is 1.25 bits per heavy atom. The standard InChI is InChI=1S/C73H48N2/c1-3-19-56(20-4-1)73(66-29-12-7-25-60(66)61-26-8-13-30-67(61)73)57-21-17-18-53(46-57)51-36-34-49(35-37-51)50-38-40-52(41-39-50)59-24-9-14-31-68(59)75-70-33-16-11-28-63(70)65-48-55(43-45-72(65)75)54-42-44-71-64(47-54)62-27-10-15-32-69(62)74(71)58-22-5-2-6-23-58/h1-48H. The van der Waals surface area contributed by atoms with Crippen LogP contribution in [0.4, 0.5) is 0 Å². The summed E-state index contributed by atoms with van der Waals surface area (Å²) in [6, 6.07) is 107. The van der Waals surface area contributed by atoms with E-state index in [1.54, 1.807) is 0 Å². The molecule has 1 aliphatic carbocycles. The number of aromatic nitrogens is 2. The molecule has 350 valence electrons. The fourth-order valence-electron chi connectivity index (χ4n) is 12.7. The lowest BCUT2D eigenvalue weighted by Crippen LogP contribution is -2.28. The Morgan fingerprint density at radius 1 is 0.227 bits per heavy atom. The van der Waals surface area contributed by atoms with Gasteiger partial charge in [0.1, 0.15) is 0 Å². The third-order valence-corrected chi connectivity index (χ3v) is 16.0. The van der Waals surface area contributed by atoms with E-state index in [1.165, 1.54) is 127 Å². The Morgan fingerprint density at radius 2 is 0.640 bits per heavy atom. The number of rotatable bonds is 8. The summed E-state index contributed by atoms with van der Waals surface area (Å²) in [6.45, 7) is 0. The zero-order valence-corrected chi connectivity index (χ0v) is 41.1. The number of benzene rings is 12. The molecule has 15 rings (SSSR count). The van der Waals surface area contributed by atoms with Crippen molar-refractivity contribution in [2.75, 3.05) is 0 Å². The zero-order valence-electron chi connectivity index (χ0n) is 41.1. The molecule has 75 heavy (non-hydrogen) atoms. The number of nitrogens with zero attached hydrogens (tertiary/aromatic N) is 2. The van der Waals surface area contributed by atoms with Gasteiger partial charge in [-0.1, -0.05) is 231 Å². The minimum Gasteiger partial charge on any atom is -0.309 e. The predicted molar refractivity (Wildman–Crippen MR) is 314 cm³/mol. The summed E-state index contributed by atoms with van der Waals surface area (Å²) in [6.07, 6.45) is 0. The van der Waals surface area contributed by atoms with Crippen LogP contribution in [0.3, 0.4) is 0 Å². The van der Waals surface area contributed by atoms with E-state index in [0.29, 0.717) is 0 Å². The molecule has 0 atom stereocenters. The van der Waals surface area contributed by atoms with Gasteiger partial charge in [-0.3, -0.25) is 0 Å². The first-order chi connectivity index (χ1) is 37.2. The average Bonchev–Trinajstić information content (AvgIpc) is 4.22. The normalized spacial score (nSPS) is 12.6. The van der Waals surface area contributed by atoms with Crippen molar-refractivity contribution in [3.05, 3.63) is 313 Å². The molecule has 0 spiro atoms. The van der Waals surface area contributed by atoms with Crippen molar-refractivity contribution in [1.29, 1.82) is 0 Å². The van der Waals surface area contributed by atoms with Crippen molar-refractivity contribution in [3.63, 3.8) is 0 Å². The molecule has 0 radical (unpaired) electrons. The molecular formula is C73H48N2. The van der Waals surface area contributed by atoms with Crippen LogP contribution >= 0.6 is 0 Å². The summed E-state index contributed by atoms with van der Waals surface area (Å²) in [7, 11) is 0. The molecule has 0 amide bonds. The third-order valence-electron chi connectivity index (χ3n) is 16.0. The van der Waals surface area contributed by atoms with E-state index in [9.17, 15) is 0 Å². The Hall–Kier alpha value is -9.76. The summed E-state index contributed by atoms with van der Waals surface area (Å²) >= 11 is 0. The summed E-state index contributed by atoms with van der Waals surface area (Å²) in [5.41, 5.74) is 24.0. The monoisotopic (exact) mass is 952 g/mol. The van der Waals surface area contributed by atoms with Crippen molar-refractivity contribution in [2.45, 2.75) is 5.41 Å². The van der Waals surface area contributed by atoms with Crippen LogP contribution < -0.4 is 0 Å². The minimum absolute atomic E-state index is 0.431. The highest BCUT2D eigenvalue weighted by Crippen LogP contribution is 2.56. The van der Waals surface area contributed by atoms with Gasteiger partial charge >= 0.3 is 0 Å². The molecule has 2 heterocycles. The molecule has 12 aromatic carbocycles. The van der Waals surface area contributed by atoms with Gasteiger partial charge in [-0.15, -0.1) is 0 Å². The van der Waals surface area contributed by atoms with Crippen LogP contribution in [-0.4, -0.2) is 9.13 Å². The molecule has 0 saturated carbocycles. The van der Waals surface area contributed by atoms with E-state index < -0.39 is 5.41 Å². The van der Waals surface area contributed by atoms with E-state index in [2.05, 4.69) is 300 Å². The van der Waals surface area contributed by atoms with Gasteiger partial charge in [0.25, 0.3) is 0 Å². The molecule has 1 aliphatic rings. The van der Waals surface area contributed by atoms with Gasteiger partial charge in [0, 0.05) is 32.8 Å². The second-order valence-electron chi connectivity index (χ2n) is 20.0. The first kappa shape index (κ1) is 42.9. The van der Waals surface area contributed by atoms with Crippen LogP contribution in [0.5, 0.6) is 0 Å². The Kier molecular flexibility index (Phi) is 9.83. The van der Waals surface area contributed by atoms with Gasteiger partial charge in [0.15, 0.2) is 0 Å². The molecule has 0 fully saturated rings. The van der Waals surface area contributed by atoms with Gasteiger partial charge < -0.3 is 9.13 Å². The first-order valence-corrected chi connectivity index (χ1v) is 26.0. The van der Waals surface area contributed by atoms with E-state index in [-0.39, 0.29) is 0 Å². The molecule has 0 saturated heterocycles.